The lowest BCUT2D eigenvalue weighted by Gasteiger charge is -2.13. The molecule has 94 valence electrons. The first-order valence-electron chi connectivity index (χ1n) is 5.78. The molecule has 1 aliphatic rings. The molecule has 0 unspecified atom stereocenters. The number of hydrogen-bond acceptors (Lipinski definition) is 2. The Bertz CT molecular complexity index is 402. The highest BCUT2D eigenvalue weighted by molar-refractivity contribution is 5.38. The third-order valence-corrected chi connectivity index (χ3v) is 3.35. The van der Waals surface area contributed by atoms with Crippen molar-refractivity contribution in [3.63, 3.8) is 0 Å². The molecular formula is C13H17F2NO. The Hall–Kier alpha value is -1.16. The molecule has 0 radical (unpaired) electrons. The maximum Gasteiger partial charge on any atom is 0.263 e. The average Bonchev–Trinajstić information content (AvgIpc) is 3.05. The molecule has 0 bridgehead atoms. The van der Waals surface area contributed by atoms with Crippen LogP contribution in [0.15, 0.2) is 18.2 Å². The molecule has 1 aromatic rings. The molecule has 0 heterocycles. The molecule has 1 aliphatic carbocycles. The number of methoxy groups -OCH3 is 1. The molecule has 0 atom stereocenters. The number of benzene rings is 1. The number of rotatable bonds is 5. The van der Waals surface area contributed by atoms with Crippen LogP contribution in [0.25, 0.3) is 0 Å². The van der Waals surface area contributed by atoms with Gasteiger partial charge in [-0.05, 0) is 37.3 Å². The highest BCUT2D eigenvalue weighted by Crippen LogP contribution is 2.37. The fourth-order valence-corrected chi connectivity index (χ4v) is 1.90. The van der Waals surface area contributed by atoms with Crippen molar-refractivity contribution in [2.45, 2.75) is 37.6 Å². The number of alkyl halides is 2. The summed E-state index contributed by atoms with van der Waals surface area (Å²) >= 11 is 0. The van der Waals surface area contributed by atoms with Crippen molar-refractivity contribution < 1.29 is 13.5 Å². The average molecular weight is 241 g/mol. The normalized spacial score (nSPS) is 17.2. The van der Waals surface area contributed by atoms with E-state index in [9.17, 15) is 8.78 Å². The van der Waals surface area contributed by atoms with Gasteiger partial charge in [0.05, 0.1) is 7.11 Å². The summed E-state index contributed by atoms with van der Waals surface area (Å²) in [5, 5.41) is 0. The molecule has 0 aromatic heterocycles. The number of nitrogens with two attached hydrogens (primary N) is 1. The van der Waals surface area contributed by atoms with Crippen LogP contribution in [-0.2, 0) is 6.42 Å². The van der Waals surface area contributed by atoms with Gasteiger partial charge in [-0.1, -0.05) is 12.1 Å². The maximum absolute atomic E-state index is 12.5. The minimum Gasteiger partial charge on any atom is -0.496 e. The van der Waals surface area contributed by atoms with Gasteiger partial charge in [0, 0.05) is 11.1 Å². The molecule has 1 fully saturated rings. The molecule has 1 saturated carbocycles. The molecule has 2 nitrogen and oxygen atoms in total. The van der Waals surface area contributed by atoms with Crippen molar-refractivity contribution in [1.82, 2.24) is 0 Å². The summed E-state index contributed by atoms with van der Waals surface area (Å²) in [5.74, 6) is 0.534. The fraction of sp³-hybridized carbons (Fsp3) is 0.538. The van der Waals surface area contributed by atoms with Crippen LogP contribution in [-0.4, -0.2) is 12.6 Å². The van der Waals surface area contributed by atoms with E-state index >= 15 is 0 Å². The molecule has 0 amide bonds. The zero-order valence-corrected chi connectivity index (χ0v) is 9.88. The molecule has 1 aromatic carbocycles. The van der Waals surface area contributed by atoms with Crippen LogP contribution in [0.4, 0.5) is 8.78 Å². The second-order valence-electron chi connectivity index (χ2n) is 4.73. The van der Waals surface area contributed by atoms with Gasteiger partial charge >= 0.3 is 0 Å². The molecule has 2 rings (SSSR count). The number of hydrogen-bond donors (Lipinski definition) is 1. The summed E-state index contributed by atoms with van der Waals surface area (Å²) < 4.78 is 30.2. The van der Waals surface area contributed by atoms with Crippen LogP contribution in [0.3, 0.4) is 0 Å². The zero-order valence-electron chi connectivity index (χ0n) is 9.88. The fourth-order valence-electron chi connectivity index (χ4n) is 1.90. The first-order valence-corrected chi connectivity index (χ1v) is 5.78. The number of aryl methyl sites for hydroxylation is 1. The predicted molar refractivity (Wildman–Crippen MR) is 62.4 cm³/mol. The van der Waals surface area contributed by atoms with Gasteiger partial charge in [-0.25, -0.2) is 8.78 Å². The molecule has 17 heavy (non-hydrogen) atoms. The lowest BCUT2D eigenvalue weighted by atomic mass is 10.0. The van der Waals surface area contributed by atoms with Crippen LogP contribution in [0.2, 0.25) is 0 Å². The van der Waals surface area contributed by atoms with Crippen LogP contribution in [0.5, 0.6) is 5.75 Å². The quantitative estimate of drug-likeness (QED) is 0.859. The Kier molecular flexibility index (Phi) is 3.33. The lowest BCUT2D eigenvalue weighted by molar-refractivity contribution is 0.151. The van der Waals surface area contributed by atoms with Gasteiger partial charge in [-0.2, -0.15) is 0 Å². The minimum absolute atomic E-state index is 0.000478. The van der Waals surface area contributed by atoms with Crippen molar-refractivity contribution in [2.75, 3.05) is 7.11 Å². The van der Waals surface area contributed by atoms with Crippen molar-refractivity contribution in [3.05, 3.63) is 29.3 Å². The van der Waals surface area contributed by atoms with E-state index in [1.54, 1.807) is 6.07 Å². The number of halogens is 2. The van der Waals surface area contributed by atoms with E-state index in [2.05, 4.69) is 0 Å². The highest BCUT2D eigenvalue weighted by Gasteiger charge is 2.37. The van der Waals surface area contributed by atoms with Crippen LogP contribution in [0, 0.1) is 0 Å². The Balaban J connectivity index is 2.10. The van der Waals surface area contributed by atoms with Gasteiger partial charge < -0.3 is 10.5 Å². The first kappa shape index (κ1) is 12.3. The van der Waals surface area contributed by atoms with E-state index in [-0.39, 0.29) is 11.1 Å². The highest BCUT2D eigenvalue weighted by atomic mass is 19.3. The second-order valence-corrected chi connectivity index (χ2v) is 4.73. The van der Waals surface area contributed by atoms with Crippen LogP contribution >= 0.6 is 0 Å². The van der Waals surface area contributed by atoms with Crippen molar-refractivity contribution >= 4 is 0 Å². The largest absolute Gasteiger partial charge is 0.496 e. The first-order chi connectivity index (χ1) is 8.04. The summed E-state index contributed by atoms with van der Waals surface area (Å²) in [4.78, 5) is 0. The zero-order chi connectivity index (χ0) is 12.5. The van der Waals surface area contributed by atoms with E-state index < -0.39 is 6.43 Å². The third-order valence-electron chi connectivity index (χ3n) is 3.35. The topological polar surface area (TPSA) is 35.2 Å². The van der Waals surface area contributed by atoms with Crippen molar-refractivity contribution in [2.24, 2.45) is 5.73 Å². The predicted octanol–water partition coefficient (Wildman–Crippen LogP) is 3.06. The Morgan fingerprint density at radius 2 is 2.12 bits per heavy atom. The van der Waals surface area contributed by atoms with Gasteiger partial charge in [0.2, 0.25) is 0 Å². The lowest BCUT2D eigenvalue weighted by Crippen LogP contribution is -2.22. The van der Waals surface area contributed by atoms with Crippen LogP contribution in [0.1, 0.15) is 36.8 Å². The van der Waals surface area contributed by atoms with Crippen molar-refractivity contribution in [3.8, 4) is 5.75 Å². The second kappa shape index (κ2) is 4.61. The molecule has 4 heteroatoms. The van der Waals surface area contributed by atoms with Crippen LogP contribution < -0.4 is 10.5 Å². The number of ether oxygens (including phenoxy) is 1. The summed E-state index contributed by atoms with van der Waals surface area (Å²) in [5.41, 5.74) is 6.93. The van der Waals surface area contributed by atoms with E-state index in [1.165, 1.54) is 19.2 Å². The van der Waals surface area contributed by atoms with E-state index in [0.29, 0.717) is 5.75 Å². The smallest absolute Gasteiger partial charge is 0.263 e. The van der Waals surface area contributed by atoms with Gasteiger partial charge in [0.25, 0.3) is 6.43 Å². The van der Waals surface area contributed by atoms with Gasteiger partial charge in [-0.15, -0.1) is 0 Å². The van der Waals surface area contributed by atoms with Gasteiger partial charge in [0.15, 0.2) is 0 Å². The Morgan fingerprint density at radius 3 is 2.65 bits per heavy atom. The monoisotopic (exact) mass is 241 g/mol. The molecule has 0 aliphatic heterocycles. The standard InChI is InChI=1S/C13H17F2NO/c1-17-11-8-10(12(14)15)3-2-9(11)4-5-13(16)6-7-13/h2-3,8,12H,4-7,16H2,1H3. The van der Waals surface area contributed by atoms with Crippen molar-refractivity contribution in [1.29, 1.82) is 0 Å². The minimum atomic E-state index is -2.46. The summed E-state index contributed by atoms with van der Waals surface area (Å²) in [6.45, 7) is 0. The molecule has 2 N–H and O–H groups in total. The van der Waals surface area contributed by atoms with Gasteiger partial charge in [0.1, 0.15) is 5.75 Å². The SMILES string of the molecule is COc1cc(C(F)F)ccc1CCC1(N)CC1. The van der Waals surface area contributed by atoms with E-state index in [4.69, 9.17) is 10.5 Å². The Labute approximate surface area is 99.8 Å². The molecule has 0 spiro atoms. The summed E-state index contributed by atoms with van der Waals surface area (Å²) in [6.07, 6.45) is 1.33. The summed E-state index contributed by atoms with van der Waals surface area (Å²) in [7, 11) is 1.50. The molecular weight excluding hydrogens is 224 g/mol. The van der Waals surface area contributed by atoms with E-state index in [0.717, 1.165) is 31.2 Å². The maximum atomic E-state index is 12.5. The van der Waals surface area contributed by atoms with Gasteiger partial charge in [-0.3, -0.25) is 0 Å². The molecule has 0 saturated heterocycles. The third kappa shape index (κ3) is 2.94. The summed E-state index contributed by atoms with van der Waals surface area (Å²) in [6, 6.07) is 4.58. The Morgan fingerprint density at radius 1 is 1.41 bits per heavy atom. The van der Waals surface area contributed by atoms with E-state index in [1.807, 2.05) is 0 Å².